The summed E-state index contributed by atoms with van der Waals surface area (Å²) in [4.78, 5) is 0. The van der Waals surface area contributed by atoms with Crippen LogP contribution in [0.25, 0.3) is 0 Å². The number of hydrogen-bond acceptors (Lipinski definition) is 0. The van der Waals surface area contributed by atoms with Crippen LogP contribution in [0.1, 0.15) is 19.8 Å². The quantitative estimate of drug-likeness (QED) is 0.470. The molecule has 0 aromatic carbocycles. The van der Waals surface area contributed by atoms with Crippen LogP contribution in [-0.4, -0.2) is 0 Å². The highest BCUT2D eigenvalue weighted by Gasteiger charge is 1.97. The lowest BCUT2D eigenvalue weighted by Crippen LogP contribution is -1.83. The van der Waals surface area contributed by atoms with Crippen molar-refractivity contribution in [1.29, 1.82) is 0 Å². The molecule has 0 spiro atoms. The standard InChI is InChI=1S/C7H9Cl.C2H4/c1-6-2-4-7(8)5-3-6;1-2/h2,4H,3,5H2,1H3;1-2H2. The Bertz CT molecular complexity index is 136. The predicted octanol–water partition coefficient (Wildman–Crippen LogP) is 3.65. The lowest BCUT2D eigenvalue weighted by Gasteiger charge is -2.03. The van der Waals surface area contributed by atoms with Crippen LogP contribution in [-0.2, 0) is 0 Å². The molecule has 1 aliphatic carbocycles. The first-order chi connectivity index (χ1) is 4.79. The van der Waals surface area contributed by atoms with Crippen molar-refractivity contribution in [2.24, 2.45) is 0 Å². The first-order valence-corrected chi connectivity index (χ1v) is 3.68. The highest BCUT2D eigenvalue weighted by Crippen LogP contribution is 2.19. The molecule has 0 aromatic rings. The minimum atomic E-state index is 0.982. The zero-order valence-corrected chi connectivity index (χ0v) is 7.12. The Labute approximate surface area is 67.9 Å². The van der Waals surface area contributed by atoms with E-state index in [-0.39, 0.29) is 0 Å². The summed E-state index contributed by atoms with van der Waals surface area (Å²) in [6.07, 6.45) is 6.21. The largest absolute Gasteiger partial charge is 0.106 e. The van der Waals surface area contributed by atoms with Gasteiger partial charge in [0.05, 0.1) is 0 Å². The van der Waals surface area contributed by atoms with Gasteiger partial charge < -0.3 is 0 Å². The van der Waals surface area contributed by atoms with E-state index in [1.807, 2.05) is 6.08 Å². The summed E-state index contributed by atoms with van der Waals surface area (Å²) in [5, 5.41) is 0.982. The summed E-state index contributed by atoms with van der Waals surface area (Å²) in [6, 6.07) is 0. The molecular formula is C9H13Cl. The van der Waals surface area contributed by atoms with Gasteiger partial charge in [0, 0.05) is 5.03 Å². The molecule has 0 nitrogen and oxygen atoms in total. The van der Waals surface area contributed by atoms with Crippen LogP contribution in [0, 0.1) is 0 Å². The Morgan fingerprint density at radius 3 is 2.20 bits per heavy atom. The molecule has 0 bridgehead atoms. The van der Waals surface area contributed by atoms with Gasteiger partial charge in [-0.15, -0.1) is 13.2 Å². The molecule has 0 amide bonds. The lowest BCUT2D eigenvalue weighted by atomic mass is 10.1. The number of hydrogen-bond donors (Lipinski definition) is 0. The Hall–Kier alpha value is -0.490. The molecule has 56 valence electrons. The van der Waals surface area contributed by atoms with Crippen LogP contribution < -0.4 is 0 Å². The minimum Gasteiger partial charge on any atom is -0.106 e. The molecule has 0 aromatic heterocycles. The van der Waals surface area contributed by atoms with E-state index in [0.29, 0.717) is 0 Å². The van der Waals surface area contributed by atoms with Crippen molar-refractivity contribution >= 4 is 11.6 Å². The molecule has 0 N–H and O–H groups in total. The second kappa shape index (κ2) is 5.31. The van der Waals surface area contributed by atoms with Crippen molar-refractivity contribution in [3.8, 4) is 0 Å². The van der Waals surface area contributed by atoms with Crippen LogP contribution in [0.15, 0.2) is 35.9 Å². The third-order valence-corrected chi connectivity index (χ3v) is 1.62. The zero-order chi connectivity index (χ0) is 7.98. The first kappa shape index (κ1) is 9.51. The molecule has 0 unspecified atom stereocenters. The average Bonchev–Trinajstić information content (AvgIpc) is 2.00. The maximum absolute atomic E-state index is 5.70. The van der Waals surface area contributed by atoms with Gasteiger partial charge in [0.25, 0.3) is 0 Å². The van der Waals surface area contributed by atoms with E-state index in [2.05, 4.69) is 26.2 Å². The van der Waals surface area contributed by atoms with Crippen molar-refractivity contribution in [2.45, 2.75) is 19.8 Å². The first-order valence-electron chi connectivity index (χ1n) is 3.31. The molecule has 1 heteroatoms. The van der Waals surface area contributed by atoms with Crippen LogP contribution >= 0.6 is 11.6 Å². The zero-order valence-electron chi connectivity index (χ0n) is 6.36. The summed E-state index contributed by atoms with van der Waals surface area (Å²) in [7, 11) is 0. The molecule has 0 radical (unpaired) electrons. The molecule has 10 heavy (non-hydrogen) atoms. The average molecular weight is 157 g/mol. The molecule has 0 saturated carbocycles. The highest BCUT2D eigenvalue weighted by molar-refractivity contribution is 6.29. The van der Waals surface area contributed by atoms with Gasteiger partial charge in [0.1, 0.15) is 0 Å². The topological polar surface area (TPSA) is 0 Å². The lowest BCUT2D eigenvalue weighted by molar-refractivity contribution is 0.947. The second-order valence-corrected chi connectivity index (χ2v) is 2.61. The van der Waals surface area contributed by atoms with Gasteiger partial charge in [0.2, 0.25) is 0 Å². The van der Waals surface area contributed by atoms with Gasteiger partial charge >= 0.3 is 0 Å². The maximum atomic E-state index is 5.70. The predicted molar refractivity (Wildman–Crippen MR) is 48.2 cm³/mol. The fourth-order valence-electron chi connectivity index (χ4n) is 0.716. The van der Waals surface area contributed by atoms with E-state index in [1.54, 1.807) is 0 Å². The van der Waals surface area contributed by atoms with Crippen molar-refractivity contribution in [3.05, 3.63) is 35.9 Å². The van der Waals surface area contributed by atoms with Crippen molar-refractivity contribution in [3.63, 3.8) is 0 Å². The number of halogens is 1. The van der Waals surface area contributed by atoms with E-state index >= 15 is 0 Å². The van der Waals surface area contributed by atoms with Crippen LogP contribution in [0.3, 0.4) is 0 Å². The minimum absolute atomic E-state index is 0.982. The number of rotatable bonds is 0. The summed E-state index contributed by atoms with van der Waals surface area (Å²) in [5.41, 5.74) is 1.43. The fraction of sp³-hybridized carbons (Fsp3) is 0.333. The molecule has 0 atom stereocenters. The SMILES string of the molecule is C=C.CC1=CC=C(Cl)CC1. The van der Waals surface area contributed by atoms with Gasteiger partial charge in [-0.05, 0) is 25.8 Å². The third kappa shape index (κ3) is 3.52. The van der Waals surface area contributed by atoms with E-state index in [0.717, 1.165) is 17.9 Å². The van der Waals surface area contributed by atoms with Crippen molar-refractivity contribution < 1.29 is 0 Å². The summed E-state index contributed by atoms with van der Waals surface area (Å²) >= 11 is 5.70. The van der Waals surface area contributed by atoms with Crippen LogP contribution in [0.4, 0.5) is 0 Å². The maximum Gasteiger partial charge on any atom is 0.0184 e. The number of allylic oxidation sites excluding steroid dienone is 4. The third-order valence-electron chi connectivity index (χ3n) is 1.31. The molecule has 1 rings (SSSR count). The van der Waals surface area contributed by atoms with Crippen LogP contribution in [0.5, 0.6) is 0 Å². The Morgan fingerprint density at radius 2 is 1.90 bits per heavy atom. The smallest absolute Gasteiger partial charge is 0.0184 e. The summed E-state index contributed by atoms with van der Waals surface area (Å²) in [6.45, 7) is 8.12. The van der Waals surface area contributed by atoms with Gasteiger partial charge in [0.15, 0.2) is 0 Å². The summed E-state index contributed by atoms with van der Waals surface area (Å²) < 4.78 is 0. The highest BCUT2D eigenvalue weighted by atomic mass is 35.5. The van der Waals surface area contributed by atoms with Gasteiger partial charge in [-0.25, -0.2) is 0 Å². The van der Waals surface area contributed by atoms with E-state index < -0.39 is 0 Å². The Balaban J connectivity index is 0.000000371. The normalized spacial score (nSPS) is 16.2. The van der Waals surface area contributed by atoms with Gasteiger partial charge in [-0.2, -0.15) is 0 Å². The Kier molecular flexibility index (Phi) is 5.05. The van der Waals surface area contributed by atoms with Crippen LogP contribution in [0.2, 0.25) is 0 Å². The second-order valence-electron chi connectivity index (χ2n) is 2.13. The van der Waals surface area contributed by atoms with E-state index in [4.69, 9.17) is 11.6 Å². The van der Waals surface area contributed by atoms with E-state index in [1.165, 1.54) is 5.57 Å². The molecule has 0 aliphatic heterocycles. The Morgan fingerprint density at radius 1 is 1.30 bits per heavy atom. The van der Waals surface area contributed by atoms with Crippen molar-refractivity contribution in [2.75, 3.05) is 0 Å². The summed E-state index contributed by atoms with van der Waals surface area (Å²) in [5.74, 6) is 0. The molecule has 0 saturated heterocycles. The molecule has 0 fully saturated rings. The monoisotopic (exact) mass is 156 g/mol. The fourth-order valence-corrected chi connectivity index (χ4v) is 0.873. The van der Waals surface area contributed by atoms with E-state index in [9.17, 15) is 0 Å². The van der Waals surface area contributed by atoms with Gasteiger partial charge in [-0.1, -0.05) is 23.3 Å². The molecule has 0 heterocycles. The van der Waals surface area contributed by atoms with Crippen molar-refractivity contribution in [1.82, 2.24) is 0 Å². The molecular weight excluding hydrogens is 144 g/mol. The van der Waals surface area contributed by atoms with Gasteiger partial charge in [-0.3, -0.25) is 0 Å². The molecule has 1 aliphatic rings.